The van der Waals surface area contributed by atoms with Gasteiger partial charge < -0.3 is 20.8 Å². The third-order valence-corrected chi connectivity index (χ3v) is 9.84. The fourth-order valence-corrected chi connectivity index (χ4v) is 6.60. The van der Waals surface area contributed by atoms with E-state index < -0.39 is 11.9 Å². The maximum absolute atomic E-state index is 12.1. The summed E-state index contributed by atoms with van der Waals surface area (Å²) in [6, 6.07) is 0. The molecule has 0 aromatic carbocycles. The first-order chi connectivity index (χ1) is 24.4. The number of carboxylic acid groups (broad SMARTS) is 2. The van der Waals surface area contributed by atoms with Gasteiger partial charge in [0.2, 0.25) is 11.8 Å². The molecule has 50 heavy (non-hydrogen) atoms. The Balaban J connectivity index is 3.25. The van der Waals surface area contributed by atoms with Gasteiger partial charge in [0.1, 0.15) is 0 Å². The fourth-order valence-electron chi connectivity index (χ4n) is 6.60. The minimum atomic E-state index is -0.678. The third kappa shape index (κ3) is 42.0. The first-order valence-electron chi connectivity index (χ1n) is 21.4. The Hall–Kier alpha value is -2.12. The molecule has 0 atom stereocenters. The van der Waals surface area contributed by atoms with Crippen LogP contribution in [0.3, 0.4) is 0 Å². The fraction of sp³-hybridized carbons (Fsp3) is 0.905. The second kappa shape index (κ2) is 39.7. The molecule has 8 heteroatoms. The molecule has 0 aliphatic heterocycles. The Morgan fingerprint density at radius 2 is 0.440 bits per heavy atom. The van der Waals surface area contributed by atoms with Gasteiger partial charge in [0.25, 0.3) is 0 Å². The molecule has 0 aliphatic carbocycles. The third-order valence-electron chi connectivity index (χ3n) is 9.84. The van der Waals surface area contributed by atoms with Crippen LogP contribution in [0.25, 0.3) is 0 Å². The van der Waals surface area contributed by atoms with Gasteiger partial charge in [-0.15, -0.1) is 0 Å². The van der Waals surface area contributed by atoms with Gasteiger partial charge >= 0.3 is 11.9 Å². The molecule has 0 saturated carbocycles. The van der Waals surface area contributed by atoms with Gasteiger partial charge in [0.05, 0.1) is 0 Å². The summed E-state index contributed by atoms with van der Waals surface area (Å²) in [5.41, 5.74) is 0. The molecular weight excluding hydrogens is 628 g/mol. The normalized spacial score (nSPS) is 11.1. The van der Waals surface area contributed by atoms with Crippen LogP contribution in [0.5, 0.6) is 0 Å². The summed E-state index contributed by atoms with van der Waals surface area (Å²) in [4.78, 5) is 45.1. The predicted molar refractivity (Wildman–Crippen MR) is 208 cm³/mol. The number of amides is 2. The SMILES string of the molecule is O=C(O)CCCCCCCCCCCCCCCCC(=O)NCCCCCCNC(=O)CCCCCCCCCCCCCCCCC(=O)O. The lowest BCUT2D eigenvalue weighted by Gasteiger charge is -2.07. The van der Waals surface area contributed by atoms with Crippen molar-refractivity contribution in [2.45, 2.75) is 231 Å². The second-order valence-corrected chi connectivity index (χ2v) is 14.8. The quantitative estimate of drug-likeness (QED) is 0.0467. The summed E-state index contributed by atoms with van der Waals surface area (Å²) in [6.07, 6.45) is 39.6. The number of carbonyl (C=O) groups excluding carboxylic acids is 2. The average molecular weight is 709 g/mol. The van der Waals surface area contributed by atoms with Crippen molar-refractivity contribution in [3.8, 4) is 0 Å². The molecule has 0 bridgehead atoms. The monoisotopic (exact) mass is 709 g/mol. The van der Waals surface area contributed by atoms with Crippen LogP contribution >= 0.6 is 0 Å². The minimum absolute atomic E-state index is 0.185. The van der Waals surface area contributed by atoms with Crippen LogP contribution < -0.4 is 10.6 Å². The summed E-state index contributed by atoms with van der Waals surface area (Å²) < 4.78 is 0. The molecule has 8 nitrogen and oxygen atoms in total. The topological polar surface area (TPSA) is 133 Å². The zero-order valence-corrected chi connectivity index (χ0v) is 32.4. The molecule has 2 amide bonds. The van der Waals surface area contributed by atoms with E-state index in [1.165, 1.54) is 128 Å². The number of hydrogen-bond donors (Lipinski definition) is 4. The summed E-state index contributed by atoms with van der Waals surface area (Å²) in [5, 5.41) is 23.4. The second-order valence-electron chi connectivity index (χ2n) is 14.8. The number of hydrogen-bond acceptors (Lipinski definition) is 4. The van der Waals surface area contributed by atoms with Crippen molar-refractivity contribution >= 4 is 23.8 Å². The van der Waals surface area contributed by atoms with Gasteiger partial charge in [-0.05, 0) is 38.5 Å². The highest BCUT2D eigenvalue weighted by atomic mass is 16.4. The molecule has 0 rings (SSSR count). The van der Waals surface area contributed by atoms with Crippen molar-refractivity contribution in [1.82, 2.24) is 10.6 Å². The Bertz CT molecular complexity index is 726. The molecule has 0 saturated heterocycles. The van der Waals surface area contributed by atoms with E-state index >= 15 is 0 Å². The Kier molecular flexibility index (Phi) is 38.0. The van der Waals surface area contributed by atoms with Crippen molar-refractivity contribution in [1.29, 1.82) is 0 Å². The van der Waals surface area contributed by atoms with Crippen LogP contribution in [0.2, 0.25) is 0 Å². The van der Waals surface area contributed by atoms with E-state index in [9.17, 15) is 19.2 Å². The molecule has 0 fully saturated rings. The van der Waals surface area contributed by atoms with Crippen LogP contribution in [0.1, 0.15) is 231 Å². The smallest absolute Gasteiger partial charge is 0.303 e. The highest BCUT2D eigenvalue weighted by Gasteiger charge is 2.03. The summed E-state index contributed by atoms with van der Waals surface area (Å²) >= 11 is 0. The van der Waals surface area contributed by atoms with E-state index in [0.717, 1.165) is 90.1 Å². The molecule has 0 aromatic rings. The first-order valence-corrected chi connectivity index (χ1v) is 21.4. The van der Waals surface area contributed by atoms with Crippen molar-refractivity contribution in [2.75, 3.05) is 13.1 Å². The van der Waals surface area contributed by atoms with Crippen molar-refractivity contribution in [2.24, 2.45) is 0 Å². The summed E-state index contributed by atoms with van der Waals surface area (Å²) in [7, 11) is 0. The average Bonchev–Trinajstić information content (AvgIpc) is 3.08. The molecule has 0 heterocycles. The maximum atomic E-state index is 12.1. The number of carbonyl (C=O) groups is 4. The van der Waals surface area contributed by atoms with Crippen molar-refractivity contribution in [3.63, 3.8) is 0 Å². The zero-order valence-electron chi connectivity index (χ0n) is 32.4. The molecule has 0 aromatic heterocycles. The lowest BCUT2D eigenvalue weighted by molar-refractivity contribution is -0.138. The van der Waals surface area contributed by atoms with Crippen molar-refractivity contribution in [3.05, 3.63) is 0 Å². The van der Waals surface area contributed by atoms with E-state index in [4.69, 9.17) is 10.2 Å². The highest BCUT2D eigenvalue weighted by Crippen LogP contribution is 2.15. The van der Waals surface area contributed by atoms with Crippen LogP contribution in [-0.2, 0) is 19.2 Å². The van der Waals surface area contributed by atoms with Crippen LogP contribution in [-0.4, -0.2) is 47.1 Å². The van der Waals surface area contributed by atoms with E-state index in [1.807, 2.05) is 0 Å². The maximum Gasteiger partial charge on any atom is 0.303 e. The largest absolute Gasteiger partial charge is 0.481 e. The number of rotatable bonds is 41. The van der Waals surface area contributed by atoms with Gasteiger partial charge in [0.15, 0.2) is 0 Å². The molecule has 4 N–H and O–H groups in total. The number of aliphatic carboxylic acids is 2. The summed E-state index contributed by atoms with van der Waals surface area (Å²) in [5.74, 6) is -0.985. The predicted octanol–water partition coefficient (Wildman–Crippen LogP) is 11.4. The van der Waals surface area contributed by atoms with Gasteiger partial charge in [-0.2, -0.15) is 0 Å². The molecular formula is C42H80N2O6. The van der Waals surface area contributed by atoms with E-state index in [2.05, 4.69) is 10.6 Å². The standard InChI is InChI=1S/C42H80N2O6/c45-39(33-27-21-17-13-9-5-1-3-7-11-15-19-23-29-35-41(47)48)43-37-31-25-26-32-38-44-40(46)34-28-22-18-14-10-6-2-4-8-12-16-20-24-30-36-42(49)50/h1-38H2,(H,43,45)(H,44,46)(H,47,48)(H,49,50). The lowest BCUT2D eigenvalue weighted by atomic mass is 10.0. The minimum Gasteiger partial charge on any atom is -0.481 e. The lowest BCUT2D eigenvalue weighted by Crippen LogP contribution is -2.24. The Morgan fingerprint density at radius 3 is 0.660 bits per heavy atom. The summed E-state index contributed by atoms with van der Waals surface area (Å²) in [6.45, 7) is 1.52. The van der Waals surface area contributed by atoms with E-state index in [1.54, 1.807) is 0 Å². The van der Waals surface area contributed by atoms with Crippen LogP contribution in [0.4, 0.5) is 0 Å². The van der Waals surface area contributed by atoms with E-state index in [0.29, 0.717) is 25.7 Å². The van der Waals surface area contributed by atoms with Crippen molar-refractivity contribution < 1.29 is 29.4 Å². The van der Waals surface area contributed by atoms with Crippen LogP contribution in [0.15, 0.2) is 0 Å². The van der Waals surface area contributed by atoms with E-state index in [-0.39, 0.29) is 11.8 Å². The molecule has 0 radical (unpaired) electrons. The van der Waals surface area contributed by atoms with Gasteiger partial charge in [0, 0.05) is 38.8 Å². The first kappa shape index (κ1) is 47.9. The molecule has 294 valence electrons. The van der Waals surface area contributed by atoms with Gasteiger partial charge in [-0.3, -0.25) is 19.2 Å². The van der Waals surface area contributed by atoms with Gasteiger partial charge in [-0.25, -0.2) is 0 Å². The number of unbranched alkanes of at least 4 members (excludes halogenated alkanes) is 29. The van der Waals surface area contributed by atoms with Crippen LogP contribution in [0, 0.1) is 0 Å². The molecule has 0 unspecified atom stereocenters. The Morgan fingerprint density at radius 1 is 0.260 bits per heavy atom. The highest BCUT2D eigenvalue weighted by molar-refractivity contribution is 5.76. The molecule has 0 spiro atoms. The number of nitrogens with one attached hydrogen (secondary N) is 2. The Labute approximate surface area is 307 Å². The van der Waals surface area contributed by atoms with Gasteiger partial charge in [-0.1, -0.05) is 167 Å². The number of carboxylic acids is 2. The zero-order chi connectivity index (χ0) is 36.6. The molecule has 0 aliphatic rings.